The van der Waals surface area contributed by atoms with Crippen molar-refractivity contribution in [1.29, 1.82) is 0 Å². The van der Waals surface area contributed by atoms with Crippen molar-refractivity contribution in [2.45, 2.75) is 6.42 Å². The van der Waals surface area contributed by atoms with Crippen molar-refractivity contribution in [1.82, 2.24) is 0 Å². The van der Waals surface area contributed by atoms with E-state index < -0.39 is 0 Å². The van der Waals surface area contributed by atoms with Crippen LogP contribution in [0.15, 0.2) is 54.1 Å². The number of rotatable bonds is 5. The Morgan fingerprint density at radius 2 is 1.04 bits per heavy atom. The van der Waals surface area contributed by atoms with Gasteiger partial charge in [-0.05, 0) is 105 Å². The molecule has 0 bridgehead atoms. The van der Waals surface area contributed by atoms with Crippen LogP contribution in [0.3, 0.4) is 0 Å². The number of allylic oxidation sites excluding steroid dienone is 1. The third-order valence-corrected chi connectivity index (χ3v) is 4.74. The highest BCUT2D eigenvalue weighted by Crippen LogP contribution is 2.43. The molecule has 2 aromatic rings. The first kappa shape index (κ1) is 18.2. The molecule has 2 nitrogen and oxygen atoms in total. The second-order valence-corrected chi connectivity index (χ2v) is 6.59. The second kappa shape index (κ2) is 8.21. The number of hydrogen-bond donors (Lipinski definition) is 2. The Labute approximate surface area is 162 Å². The minimum absolute atomic E-state index is 0.245. The van der Waals surface area contributed by atoms with E-state index in [4.69, 9.17) is 0 Å². The van der Waals surface area contributed by atoms with Crippen molar-refractivity contribution in [3.05, 3.63) is 128 Å². The molecule has 2 fully saturated rings. The smallest absolute Gasteiger partial charge is 0.115 e. The molecule has 2 aliphatic rings. The molecule has 0 spiro atoms. The predicted octanol–water partition coefficient (Wildman–Crippen LogP) is 5.10. The lowest BCUT2D eigenvalue weighted by Gasteiger charge is -2.23. The Bertz CT molecular complexity index is 727. The summed E-state index contributed by atoms with van der Waals surface area (Å²) in [5.74, 6) is 2.91. The zero-order chi connectivity index (χ0) is 18.6. The fourth-order valence-corrected chi connectivity index (χ4v) is 3.42. The first-order chi connectivity index (χ1) is 13.2. The van der Waals surface area contributed by atoms with Gasteiger partial charge in [0.2, 0.25) is 0 Å². The molecule has 2 N–H and O–H groups in total. The van der Waals surface area contributed by atoms with Crippen LogP contribution in [0.4, 0.5) is 0 Å². The summed E-state index contributed by atoms with van der Waals surface area (Å²) in [6.45, 7) is 0. The molecule has 0 saturated heterocycles. The molecule has 2 heteroatoms. The number of aromatic hydroxyl groups is 2. The molecule has 0 amide bonds. The highest BCUT2D eigenvalue weighted by molar-refractivity contribution is 5.86. The fraction of sp³-hybridized carbons (Fsp3) is 0.0400. The number of benzene rings is 2. The van der Waals surface area contributed by atoms with Crippen LogP contribution in [0.25, 0.3) is 5.57 Å². The van der Waals surface area contributed by atoms with E-state index in [9.17, 15) is 10.2 Å². The van der Waals surface area contributed by atoms with Gasteiger partial charge in [-0.25, -0.2) is 0 Å². The van der Waals surface area contributed by atoms with Gasteiger partial charge < -0.3 is 10.2 Å². The van der Waals surface area contributed by atoms with E-state index in [1.807, 2.05) is 37.1 Å². The van der Waals surface area contributed by atoms with E-state index in [2.05, 4.69) is 38.5 Å². The van der Waals surface area contributed by atoms with E-state index in [0.29, 0.717) is 0 Å². The third-order valence-electron chi connectivity index (χ3n) is 4.74. The van der Waals surface area contributed by atoms with Crippen LogP contribution in [0.5, 0.6) is 11.5 Å². The van der Waals surface area contributed by atoms with Crippen LogP contribution < -0.4 is 0 Å². The van der Waals surface area contributed by atoms with Crippen LogP contribution >= 0.6 is 0 Å². The maximum absolute atomic E-state index is 9.73. The number of phenols is 2. The molecule has 2 saturated carbocycles. The van der Waals surface area contributed by atoms with Gasteiger partial charge in [-0.15, -0.1) is 0 Å². The van der Waals surface area contributed by atoms with Crippen LogP contribution in [-0.4, -0.2) is 10.2 Å². The minimum Gasteiger partial charge on any atom is -0.508 e. The lowest BCUT2D eigenvalue weighted by atomic mass is 9.80. The largest absolute Gasteiger partial charge is 0.508 e. The van der Waals surface area contributed by atoms with Gasteiger partial charge in [0, 0.05) is 5.92 Å². The molecule has 27 heavy (non-hydrogen) atoms. The van der Waals surface area contributed by atoms with Crippen LogP contribution in [-0.2, 0) is 0 Å². The van der Waals surface area contributed by atoms with Crippen LogP contribution in [0, 0.1) is 63.2 Å². The first-order valence-corrected chi connectivity index (χ1v) is 8.95. The molecule has 0 unspecified atom stereocenters. The van der Waals surface area contributed by atoms with Crippen molar-refractivity contribution in [2.24, 2.45) is 0 Å². The third kappa shape index (κ3) is 4.21. The van der Waals surface area contributed by atoms with Crippen molar-refractivity contribution >= 4 is 5.57 Å². The van der Waals surface area contributed by atoms with Gasteiger partial charge in [0.15, 0.2) is 0 Å². The van der Waals surface area contributed by atoms with Crippen LogP contribution in [0.2, 0.25) is 0 Å². The van der Waals surface area contributed by atoms with E-state index >= 15 is 0 Å². The lowest BCUT2D eigenvalue weighted by Crippen LogP contribution is -2.07. The zero-order valence-corrected chi connectivity index (χ0v) is 14.8. The quantitative estimate of drug-likeness (QED) is 0.786. The first-order valence-electron chi connectivity index (χ1n) is 8.95. The van der Waals surface area contributed by atoms with Gasteiger partial charge in [-0.2, -0.15) is 0 Å². The van der Waals surface area contributed by atoms with Crippen molar-refractivity contribution in [2.75, 3.05) is 0 Å². The van der Waals surface area contributed by atoms with Gasteiger partial charge in [0.05, 0.1) is 0 Å². The van der Waals surface area contributed by atoms with Crippen molar-refractivity contribution < 1.29 is 10.2 Å². The Kier molecular flexibility index (Phi) is 5.52. The average molecular weight is 352 g/mol. The number of phenolic OH excluding ortho intramolecular Hbond substituents is 2. The van der Waals surface area contributed by atoms with Gasteiger partial charge in [-0.3, -0.25) is 0 Å². The van der Waals surface area contributed by atoms with Crippen LogP contribution in [0.1, 0.15) is 17.5 Å². The molecule has 0 atom stereocenters. The molecule has 0 aliphatic heterocycles. The standard InChI is InChI=1S/C25H20O2/c26-22-13-9-20(10-14-22)25(21-11-15-23(27)16-12-21)24(19-7-3-4-8-19)17-18-5-1-2-6-18/h1-16,26-27H,17H2. The topological polar surface area (TPSA) is 40.5 Å². The lowest BCUT2D eigenvalue weighted by molar-refractivity contribution is 0.475. The fourth-order valence-electron chi connectivity index (χ4n) is 3.42. The highest BCUT2D eigenvalue weighted by Gasteiger charge is 2.29. The molecule has 0 heterocycles. The Balaban J connectivity index is 1.84. The Hall–Kier alpha value is -2.22. The molecule has 0 aromatic heterocycles. The van der Waals surface area contributed by atoms with Crippen molar-refractivity contribution in [3.8, 4) is 11.5 Å². The average Bonchev–Trinajstić information content (AvgIpc) is 3.38. The van der Waals surface area contributed by atoms with Gasteiger partial charge in [0.25, 0.3) is 0 Å². The molecule has 2 aromatic carbocycles. The molecule has 4 rings (SSSR count). The van der Waals surface area contributed by atoms with Gasteiger partial charge in [-0.1, -0.05) is 29.8 Å². The SMILES string of the molecule is Oc1ccc(C(=C(C[C]2[CH][CH][CH][CH]2)[C]2[CH][CH][CH][CH]2)c2ccc(O)cc2)cc1. The van der Waals surface area contributed by atoms with E-state index in [0.717, 1.165) is 23.1 Å². The summed E-state index contributed by atoms with van der Waals surface area (Å²) in [5, 5.41) is 19.5. The normalized spacial score (nSPS) is 18.1. The Morgan fingerprint density at radius 1 is 0.593 bits per heavy atom. The maximum Gasteiger partial charge on any atom is 0.115 e. The minimum atomic E-state index is 0.245. The monoisotopic (exact) mass is 352 g/mol. The molecule has 2 aliphatic carbocycles. The highest BCUT2D eigenvalue weighted by atomic mass is 16.3. The van der Waals surface area contributed by atoms with E-state index in [1.165, 1.54) is 17.4 Å². The summed E-state index contributed by atoms with van der Waals surface area (Å²) in [6, 6.07) is 14.6. The molecule has 132 valence electrons. The second-order valence-electron chi connectivity index (χ2n) is 6.59. The van der Waals surface area contributed by atoms with Gasteiger partial charge >= 0.3 is 0 Å². The maximum atomic E-state index is 9.73. The predicted molar refractivity (Wildman–Crippen MR) is 108 cm³/mol. The summed E-state index contributed by atoms with van der Waals surface area (Å²) in [5.41, 5.74) is 4.37. The summed E-state index contributed by atoms with van der Waals surface area (Å²) >= 11 is 0. The number of hydrogen-bond acceptors (Lipinski definition) is 2. The summed E-state index contributed by atoms with van der Waals surface area (Å²) in [6.07, 6.45) is 17.5. The van der Waals surface area contributed by atoms with E-state index in [-0.39, 0.29) is 11.5 Å². The summed E-state index contributed by atoms with van der Waals surface area (Å²) < 4.78 is 0. The molecule has 10 radical (unpaired) electrons. The summed E-state index contributed by atoms with van der Waals surface area (Å²) in [4.78, 5) is 0. The van der Waals surface area contributed by atoms with Crippen molar-refractivity contribution in [3.63, 3.8) is 0 Å². The van der Waals surface area contributed by atoms with Gasteiger partial charge in [0.1, 0.15) is 11.5 Å². The van der Waals surface area contributed by atoms with E-state index in [1.54, 1.807) is 24.3 Å². The summed E-state index contributed by atoms with van der Waals surface area (Å²) in [7, 11) is 0. The molecular formula is C25H20O2. The zero-order valence-electron chi connectivity index (χ0n) is 14.8. The molecular weight excluding hydrogens is 332 g/mol. The Morgan fingerprint density at radius 3 is 1.52 bits per heavy atom.